The second-order valence-corrected chi connectivity index (χ2v) is 20.7. The first kappa shape index (κ1) is 61.5. The van der Waals surface area contributed by atoms with E-state index < -0.39 is 20.0 Å². The van der Waals surface area contributed by atoms with Gasteiger partial charge in [-0.25, -0.2) is 4.57 Å². The number of rotatable bonds is 48. The first-order valence-electron chi connectivity index (χ1n) is 26.5. The van der Waals surface area contributed by atoms with Gasteiger partial charge in [0.15, 0.2) is 0 Å². The molecule has 0 fully saturated rings. The van der Waals surface area contributed by atoms with Crippen LogP contribution in [-0.2, 0) is 18.4 Å². The van der Waals surface area contributed by atoms with Gasteiger partial charge in [0.1, 0.15) is 13.2 Å². The van der Waals surface area contributed by atoms with E-state index in [0.717, 1.165) is 44.9 Å². The molecule has 0 bridgehead atoms. The van der Waals surface area contributed by atoms with E-state index in [1.165, 1.54) is 173 Å². The Labute approximate surface area is 390 Å². The number of aliphatic hydroxyl groups excluding tert-OH is 1. The average molecular weight is 908 g/mol. The third-order valence-corrected chi connectivity index (χ3v) is 12.8. The highest BCUT2D eigenvalue weighted by Gasteiger charge is 2.27. The zero-order chi connectivity index (χ0) is 46.4. The van der Waals surface area contributed by atoms with Crippen molar-refractivity contribution in [2.45, 2.75) is 251 Å². The molecule has 370 valence electrons. The van der Waals surface area contributed by atoms with E-state index in [2.05, 4.69) is 55.6 Å². The molecule has 3 unspecified atom stereocenters. The summed E-state index contributed by atoms with van der Waals surface area (Å²) >= 11 is 0. The van der Waals surface area contributed by atoms with Gasteiger partial charge in [0.2, 0.25) is 5.91 Å². The molecule has 0 aliphatic rings. The van der Waals surface area contributed by atoms with Gasteiger partial charge in [-0.3, -0.25) is 13.8 Å². The van der Waals surface area contributed by atoms with E-state index in [1.807, 2.05) is 27.2 Å². The zero-order valence-corrected chi connectivity index (χ0v) is 43.0. The van der Waals surface area contributed by atoms with Gasteiger partial charge in [-0.2, -0.15) is 0 Å². The van der Waals surface area contributed by atoms with Crippen LogP contribution in [0.15, 0.2) is 48.6 Å². The number of allylic oxidation sites excluding steroid dienone is 7. The number of nitrogens with zero attached hydrogens (tertiary/aromatic N) is 1. The predicted octanol–water partition coefficient (Wildman–Crippen LogP) is 15.6. The van der Waals surface area contributed by atoms with Gasteiger partial charge in [0.25, 0.3) is 0 Å². The zero-order valence-electron chi connectivity index (χ0n) is 42.1. The molecule has 0 radical (unpaired) electrons. The van der Waals surface area contributed by atoms with E-state index in [0.29, 0.717) is 17.4 Å². The molecule has 63 heavy (non-hydrogen) atoms. The van der Waals surface area contributed by atoms with Gasteiger partial charge in [-0.05, 0) is 64.2 Å². The molecule has 0 saturated carbocycles. The molecule has 0 aromatic heterocycles. The Morgan fingerprint density at radius 1 is 0.540 bits per heavy atom. The minimum atomic E-state index is -4.34. The van der Waals surface area contributed by atoms with Crippen molar-refractivity contribution < 1.29 is 32.9 Å². The molecular formula is C54H104N2O6P+. The number of aliphatic hydroxyl groups is 1. The maximum absolute atomic E-state index is 12.9. The molecule has 0 saturated heterocycles. The number of amides is 1. The molecule has 0 aliphatic carbocycles. The van der Waals surface area contributed by atoms with Crippen molar-refractivity contribution >= 4 is 13.7 Å². The lowest BCUT2D eigenvalue weighted by molar-refractivity contribution is -0.870. The van der Waals surface area contributed by atoms with Crippen LogP contribution in [0.1, 0.15) is 239 Å². The van der Waals surface area contributed by atoms with Crippen molar-refractivity contribution in [1.82, 2.24) is 5.32 Å². The fraction of sp³-hybridized carbons (Fsp3) is 0.833. The van der Waals surface area contributed by atoms with Gasteiger partial charge in [0, 0.05) is 6.42 Å². The average Bonchev–Trinajstić information content (AvgIpc) is 3.24. The van der Waals surface area contributed by atoms with Gasteiger partial charge in [0.05, 0.1) is 39.9 Å². The predicted molar refractivity (Wildman–Crippen MR) is 272 cm³/mol. The van der Waals surface area contributed by atoms with Gasteiger partial charge in [-0.1, -0.05) is 217 Å². The van der Waals surface area contributed by atoms with Crippen LogP contribution in [-0.4, -0.2) is 73.4 Å². The van der Waals surface area contributed by atoms with Gasteiger partial charge >= 0.3 is 7.82 Å². The normalized spacial score (nSPS) is 14.5. The fourth-order valence-corrected chi connectivity index (χ4v) is 8.29. The van der Waals surface area contributed by atoms with Crippen LogP contribution in [0.5, 0.6) is 0 Å². The summed E-state index contributed by atoms with van der Waals surface area (Å²) in [7, 11) is 1.55. The smallest absolute Gasteiger partial charge is 0.387 e. The standard InChI is InChI=1S/C54H103N2O6P/c1-6-8-10-12-14-16-18-19-20-21-22-23-24-25-26-27-28-29-30-31-32-33-34-35-36-37-38-40-42-44-46-48-54(58)55-52(51-62-63(59,60)61-50-49-56(3,4)5)53(57)47-45-43-41-39-17-15-13-11-9-7-2/h17,22-23,25-26,39,45,47,52-53,57H,6-16,18-21,24,27-38,40-44,46,48-51H2,1-5H3,(H-,55,58,59,60)/p+1/b23-22-,26-25-,39-17+,47-45+. The second kappa shape index (κ2) is 45.6. The third-order valence-electron chi connectivity index (χ3n) is 11.8. The Balaban J connectivity index is 4.03. The minimum absolute atomic E-state index is 0.0555. The van der Waals surface area contributed by atoms with Crippen molar-refractivity contribution in [1.29, 1.82) is 0 Å². The molecule has 8 nitrogen and oxygen atoms in total. The fourth-order valence-electron chi connectivity index (χ4n) is 7.56. The van der Waals surface area contributed by atoms with E-state index in [1.54, 1.807) is 6.08 Å². The summed E-state index contributed by atoms with van der Waals surface area (Å²) in [4.78, 5) is 23.1. The Kier molecular flexibility index (Phi) is 44.5. The van der Waals surface area contributed by atoms with Crippen molar-refractivity contribution in [2.75, 3.05) is 40.9 Å². The molecule has 0 spiro atoms. The van der Waals surface area contributed by atoms with Crippen molar-refractivity contribution in [3.8, 4) is 0 Å². The highest BCUT2D eigenvalue weighted by Crippen LogP contribution is 2.43. The first-order chi connectivity index (χ1) is 30.5. The lowest BCUT2D eigenvalue weighted by atomic mass is 10.0. The third kappa shape index (κ3) is 48.2. The monoisotopic (exact) mass is 908 g/mol. The number of unbranched alkanes of at least 4 members (excludes halogenated alkanes) is 29. The topological polar surface area (TPSA) is 105 Å². The molecule has 9 heteroatoms. The molecule has 1 amide bonds. The summed E-state index contributed by atoms with van der Waals surface area (Å²) in [6, 6.07) is -0.861. The summed E-state index contributed by atoms with van der Waals surface area (Å²) in [6.07, 6.45) is 59.4. The van der Waals surface area contributed by atoms with E-state index in [4.69, 9.17) is 9.05 Å². The van der Waals surface area contributed by atoms with Gasteiger partial charge < -0.3 is 19.8 Å². The van der Waals surface area contributed by atoms with Crippen molar-refractivity contribution in [2.24, 2.45) is 0 Å². The number of phosphoric acid groups is 1. The molecule has 0 heterocycles. The van der Waals surface area contributed by atoms with Crippen LogP contribution in [0.25, 0.3) is 0 Å². The highest BCUT2D eigenvalue weighted by molar-refractivity contribution is 7.47. The molecule has 0 aromatic rings. The van der Waals surface area contributed by atoms with E-state index in [-0.39, 0.29) is 19.1 Å². The van der Waals surface area contributed by atoms with Crippen LogP contribution in [0.3, 0.4) is 0 Å². The lowest BCUT2D eigenvalue weighted by Crippen LogP contribution is -2.45. The van der Waals surface area contributed by atoms with Crippen LogP contribution in [0.2, 0.25) is 0 Å². The molecule has 0 aromatic carbocycles. The van der Waals surface area contributed by atoms with Crippen LogP contribution in [0, 0.1) is 0 Å². The Morgan fingerprint density at radius 3 is 1.38 bits per heavy atom. The molecular weight excluding hydrogens is 804 g/mol. The summed E-state index contributed by atoms with van der Waals surface area (Å²) in [5.41, 5.74) is 0. The number of likely N-dealkylation sites (N-methyl/N-ethyl adjacent to an activating group) is 1. The van der Waals surface area contributed by atoms with Crippen LogP contribution >= 0.6 is 7.82 Å². The Bertz CT molecular complexity index is 1170. The van der Waals surface area contributed by atoms with Crippen molar-refractivity contribution in [3.63, 3.8) is 0 Å². The number of carbonyl (C=O) groups excluding carboxylic acids is 1. The van der Waals surface area contributed by atoms with E-state index >= 15 is 0 Å². The summed E-state index contributed by atoms with van der Waals surface area (Å²) in [5, 5.41) is 13.8. The van der Waals surface area contributed by atoms with Crippen molar-refractivity contribution in [3.05, 3.63) is 48.6 Å². The van der Waals surface area contributed by atoms with Crippen LogP contribution < -0.4 is 5.32 Å². The molecule has 3 atom stereocenters. The van der Waals surface area contributed by atoms with E-state index in [9.17, 15) is 19.4 Å². The maximum Gasteiger partial charge on any atom is 0.472 e. The Hall–Kier alpha value is -1.54. The molecule has 0 aliphatic heterocycles. The molecule has 3 N–H and O–H groups in total. The van der Waals surface area contributed by atoms with Crippen LogP contribution in [0.4, 0.5) is 0 Å². The number of hydrogen-bond acceptors (Lipinski definition) is 5. The lowest BCUT2D eigenvalue weighted by Gasteiger charge is -2.25. The number of hydrogen-bond donors (Lipinski definition) is 3. The highest BCUT2D eigenvalue weighted by atomic mass is 31.2. The number of nitrogens with one attached hydrogen (secondary N) is 1. The minimum Gasteiger partial charge on any atom is -0.387 e. The largest absolute Gasteiger partial charge is 0.472 e. The second-order valence-electron chi connectivity index (χ2n) is 19.2. The maximum atomic E-state index is 12.9. The SMILES string of the molecule is CCCCCC/C=C/CC/C=C/C(O)C(COP(=O)(O)OCC[N+](C)(C)C)NC(=O)CCCCCCCCCCCCCCCCC/C=C\C/C=C\CCCCCCCCCCC. The first-order valence-corrected chi connectivity index (χ1v) is 28.0. The number of quaternary nitrogens is 1. The summed E-state index contributed by atoms with van der Waals surface area (Å²) < 4.78 is 23.5. The summed E-state index contributed by atoms with van der Waals surface area (Å²) in [6.45, 7) is 4.76. The molecule has 0 rings (SSSR count). The van der Waals surface area contributed by atoms with Gasteiger partial charge in [-0.15, -0.1) is 0 Å². The number of carbonyl (C=O) groups is 1. The summed E-state index contributed by atoms with van der Waals surface area (Å²) in [5.74, 6) is -0.189. The Morgan fingerprint density at radius 2 is 0.921 bits per heavy atom. The quantitative estimate of drug-likeness (QED) is 0.0243. The number of phosphoric ester groups is 1.